The fourth-order valence-electron chi connectivity index (χ4n) is 6.40. The number of fused-ring (bicyclic) bond motifs is 1. The molecule has 0 N–H and O–H groups in total. The number of rotatable bonds is 10. The Morgan fingerprint density at radius 2 is 1.70 bits per heavy atom. The fraction of sp³-hybridized carbons (Fsp3) is 0.774. The molecule has 208 valence electrons. The van der Waals surface area contributed by atoms with Crippen molar-refractivity contribution < 1.29 is 28.5 Å². The topological polar surface area (TPSA) is 63.2 Å². The van der Waals surface area contributed by atoms with Gasteiger partial charge < -0.3 is 23.7 Å². The van der Waals surface area contributed by atoms with Gasteiger partial charge in [-0.1, -0.05) is 24.1 Å². The van der Waals surface area contributed by atoms with Crippen LogP contribution in [-0.4, -0.2) is 45.0 Å². The van der Waals surface area contributed by atoms with Gasteiger partial charge in [0.15, 0.2) is 12.6 Å². The van der Waals surface area contributed by atoms with Crippen LogP contribution in [0.25, 0.3) is 0 Å². The lowest BCUT2D eigenvalue weighted by atomic mass is 9.88. The molecule has 2 aliphatic heterocycles. The smallest absolute Gasteiger partial charge is 0.330 e. The van der Waals surface area contributed by atoms with Crippen molar-refractivity contribution in [3.05, 3.63) is 35.1 Å². The average molecular weight is 517 g/mol. The summed E-state index contributed by atoms with van der Waals surface area (Å²) in [6, 6.07) is 0. The van der Waals surface area contributed by atoms with E-state index in [1.54, 1.807) is 6.08 Å². The van der Waals surface area contributed by atoms with Crippen LogP contribution in [0.1, 0.15) is 91.4 Å². The third kappa shape index (κ3) is 8.18. The van der Waals surface area contributed by atoms with E-state index in [1.165, 1.54) is 18.3 Å². The molecule has 37 heavy (non-hydrogen) atoms. The van der Waals surface area contributed by atoms with E-state index in [-0.39, 0.29) is 30.6 Å². The molecule has 0 amide bonds. The van der Waals surface area contributed by atoms with Crippen LogP contribution in [0.15, 0.2) is 35.1 Å². The van der Waals surface area contributed by atoms with Crippen molar-refractivity contribution in [2.24, 2.45) is 23.7 Å². The summed E-state index contributed by atoms with van der Waals surface area (Å²) in [5, 5.41) is 0. The highest BCUT2D eigenvalue weighted by atomic mass is 16.7. The van der Waals surface area contributed by atoms with Crippen molar-refractivity contribution in [3.63, 3.8) is 0 Å². The van der Waals surface area contributed by atoms with Gasteiger partial charge in [-0.15, -0.1) is 0 Å². The van der Waals surface area contributed by atoms with Crippen LogP contribution >= 0.6 is 0 Å². The van der Waals surface area contributed by atoms with Crippen LogP contribution in [0.2, 0.25) is 0 Å². The molecule has 3 unspecified atom stereocenters. The summed E-state index contributed by atoms with van der Waals surface area (Å²) in [5.41, 5.74) is 2.54. The summed E-state index contributed by atoms with van der Waals surface area (Å²) in [4.78, 5) is 12.0. The third-order valence-corrected chi connectivity index (χ3v) is 8.40. The van der Waals surface area contributed by atoms with Crippen LogP contribution in [0.5, 0.6) is 0 Å². The van der Waals surface area contributed by atoms with Crippen LogP contribution in [0.3, 0.4) is 0 Å². The Morgan fingerprint density at radius 1 is 1.00 bits per heavy atom. The van der Waals surface area contributed by atoms with E-state index in [0.29, 0.717) is 17.8 Å². The van der Waals surface area contributed by atoms with E-state index in [1.807, 2.05) is 0 Å². The van der Waals surface area contributed by atoms with E-state index in [2.05, 4.69) is 32.9 Å². The lowest BCUT2D eigenvalue weighted by molar-refractivity contribution is -0.201. The first-order valence-electron chi connectivity index (χ1n) is 14.6. The lowest BCUT2D eigenvalue weighted by Gasteiger charge is -2.34. The summed E-state index contributed by atoms with van der Waals surface area (Å²) in [6.45, 7) is 8.15. The Balaban J connectivity index is 1.57. The van der Waals surface area contributed by atoms with Gasteiger partial charge in [0.25, 0.3) is 0 Å². The summed E-state index contributed by atoms with van der Waals surface area (Å²) >= 11 is 0. The molecular weight excluding hydrogens is 468 g/mol. The highest BCUT2D eigenvalue weighted by molar-refractivity contribution is 5.82. The number of esters is 1. The Morgan fingerprint density at radius 3 is 2.35 bits per heavy atom. The zero-order chi connectivity index (χ0) is 26.2. The van der Waals surface area contributed by atoms with Crippen molar-refractivity contribution in [3.8, 4) is 0 Å². The summed E-state index contributed by atoms with van der Waals surface area (Å²) in [6.07, 6.45) is 17.2. The SMILES string of the molecule is COC(=O)C=C1C[C@@H]2C[C@@H](OC3CCCCO3)[C@H](C(=CCC(C)CC=C(C)C)OC3CCCCO3)[C@@H]2C1. The standard InChI is InChI=1S/C31H48O6/c1-21(2)11-12-22(3)13-14-26(36-29-9-5-7-15-34-29)31-25-18-23(19-28(32)33-4)17-24(25)20-27(31)37-30-10-6-8-16-35-30/h11,14,19,22,24-25,27,29-31H,5-10,12-13,15-18,20H2,1-4H3/t22?,24-,25-,27-,29?,30?,31+/m1/s1. The van der Waals surface area contributed by atoms with Gasteiger partial charge in [0.1, 0.15) is 5.76 Å². The summed E-state index contributed by atoms with van der Waals surface area (Å²) in [7, 11) is 1.45. The van der Waals surface area contributed by atoms with Crippen molar-refractivity contribution in [2.75, 3.05) is 20.3 Å². The van der Waals surface area contributed by atoms with E-state index in [4.69, 9.17) is 23.7 Å². The number of allylic oxidation sites excluding steroid dienone is 4. The predicted octanol–water partition coefficient (Wildman–Crippen LogP) is 6.85. The molecule has 4 aliphatic rings. The van der Waals surface area contributed by atoms with E-state index < -0.39 is 0 Å². The van der Waals surface area contributed by atoms with Crippen molar-refractivity contribution in [2.45, 2.75) is 110 Å². The average Bonchev–Trinajstić information content (AvgIpc) is 3.43. The molecule has 0 aromatic rings. The van der Waals surface area contributed by atoms with Gasteiger partial charge >= 0.3 is 5.97 Å². The van der Waals surface area contributed by atoms with Crippen molar-refractivity contribution in [1.82, 2.24) is 0 Å². The second kappa shape index (κ2) is 14.0. The Hall–Kier alpha value is -1.63. The monoisotopic (exact) mass is 516 g/mol. The lowest BCUT2D eigenvalue weighted by Crippen LogP contribution is -2.34. The minimum atomic E-state index is -0.259. The molecule has 7 atom stereocenters. The second-order valence-corrected chi connectivity index (χ2v) is 11.8. The molecule has 0 aromatic carbocycles. The molecule has 2 saturated heterocycles. The maximum atomic E-state index is 12.0. The normalized spacial score (nSPS) is 34.2. The third-order valence-electron chi connectivity index (χ3n) is 8.40. The highest BCUT2D eigenvalue weighted by Crippen LogP contribution is 2.54. The molecule has 0 bridgehead atoms. The summed E-state index contributed by atoms with van der Waals surface area (Å²) in [5.74, 6) is 2.29. The molecular formula is C31H48O6. The summed E-state index contributed by atoms with van der Waals surface area (Å²) < 4.78 is 30.3. The van der Waals surface area contributed by atoms with Gasteiger partial charge in [-0.3, -0.25) is 0 Å². The van der Waals surface area contributed by atoms with Gasteiger partial charge in [-0.25, -0.2) is 4.79 Å². The maximum Gasteiger partial charge on any atom is 0.330 e. The fourth-order valence-corrected chi connectivity index (χ4v) is 6.40. The molecule has 6 heteroatoms. The van der Waals surface area contributed by atoms with E-state index in [9.17, 15) is 4.79 Å². The largest absolute Gasteiger partial charge is 0.469 e. The van der Waals surface area contributed by atoms with Crippen molar-refractivity contribution in [1.29, 1.82) is 0 Å². The molecule has 2 aliphatic carbocycles. The molecule has 0 aromatic heterocycles. The number of hydrogen-bond donors (Lipinski definition) is 0. The van der Waals surface area contributed by atoms with Gasteiger partial charge in [-0.2, -0.15) is 0 Å². The first-order chi connectivity index (χ1) is 17.9. The molecule has 2 saturated carbocycles. The Bertz CT molecular complexity index is 829. The second-order valence-electron chi connectivity index (χ2n) is 11.8. The first-order valence-corrected chi connectivity index (χ1v) is 14.6. The number of methoxy groups -OCH3 is 1. The molecule has 2 heterocycles. The molecule has 0 radical (unpaired) electrons. The highest BCUT2D eigenvalue weighted by Gasteiger charge is 2.51. The molecule has 4 rings (SSSR count). The van der Waals surface area contributed by atoms with Crippen LogP contribution in [0, 0.1) is 23.7 Å². The van der Waals surface area contributed by atoms with Crippen LogP contribution in [-0.2, 0) is 28.5 Å². The quantitative estimate of drug-likeness (QED) is 0.137. The van der Waals surface area contributed by atoms with Gasteiger partial charge in [0.05, 0.1) is 19.8 Å². The molecule has 4 fully saturated rings. The zero-order valence-corrected chi connectivity index (χ0v) is 23.4. The van der Waals surface area contributed by atoms with E-state index >= 15 is 0 Å². The van der Waals surface area contributed by atoms with Gasteiger partial charge in [-0.05, 0) is 102 Å². The van der Waals surface area contributed by atoms with Gasteiger partial charge in [0, 0.05) is 25.0 Å². The Kier molecular flexibility index (Phi) is 10.7. The number of hydrogen-bond acceptors (Lipinski definition) is 6. The first kappa shape index (κ1) is 28.4. The predicted molar refractivity (Wildman–Crippen MR) is 143 cm³/mol. The Labute approximate surface area is 223 Å². The number of carbonyl (C=O) groups excluding carboxylic acids is 1. The van der Waals surface area contributed by atoms with Crippen molar-refractivity contribution >= 4 is 5.97 Å². The molecule has 0 spiro atoms. The van der Waals surface area contributed by atoms with Crippen LogP contribution < -0.4 is 0 Å². The number of carbonyl (C=O) groups is 1. The number of ether oxygens (including phenoxy) is 5. The minimum absolute atomic E-state index is 0.0562. The van der Waals surface area contributed by atoms with Crippen LogP contribution in [0.4, 0.5) is 0 Å². The van der Waals surface area contributed by atoms with Gasteiger partial charge in [0.2, 0.25) is 0 Å². The maximum absolute atomic E-state index is 12.0. The minimum Gasteiger partial charge on any atom is -0.469 e. The van der Waals surface area contributed by atoms with E-state index in [0.717, 1.165) is 89.6 Å². The molecule has 6 nitrogen and oxygen atoms in total. The zero-order valence-electron chi connectivity index (χ0n) is 23.4.